The first-order valence-electron chi connectivity index (χ1n) is 6.88. The quantitative estimate of drug-likeness (QED) is 0.805. The van der Waals surface area contributed by atoms with Gasteiger partial charge in [-0.2, -0.15) is 5.10 Å². The van der Waals surface area contributed by atoms with Crippen molar-refractivity contribution in [2.24, 2.45) is 0 Å². The van der Waals surface area contributed by atoms with Gasteiger partial charge in [-0.1, -0.05) is 0 Å². The molecule has 0 bridgehead atoms. The standard InChI is InChI=1S/C13H21BN2O3/c1-12(2)13(3,4)19-14(18-12)9-7-15-16(8-9)10-5-6-11(10)17/h7-8,10-11,17H,5-6H2,1-4H3. The van der Waals surface area contributed by atoms with Crippen LogP contribution in [0, 0.1) is 0 Å². The van der Waals surface area contributed by atoms with Crippen molar-refractivity contribution in [1.29, 1.82) is 0 Å². The highest BCUT2D eigenvalue weighted by Gasteiger charge is 2.52. The van der Waals surface area contributed by atoms with E-state index in [-0.39, 0.29) is 30.5 Å². The molecule has 1 aromatic heterocycles. The topological polar surface area (TPSA) is 56.5 Å². The molecule has 2 fully saturated rings. The summed E-state index contributed by atoms with van der Waals surface area (Å²) < 4.78 is 13.8. The number of aliphatic hydroxyl groups excluding tert-OH is 1. The number of nitrogens with zero attached hydrogens (tertiary/aromatic N) is 2. The zero-order chi connectivity index (χ0) is 13.8. The van der Waals surface area contributed by atoms with Crippen LogP contribution in [0.15, 0.2) is 12.4 Å². The number of aliphatic hydroxyl groups is 1. The Morgan fingerprint density at radius 1 is 1.26 bits per heavy atom. The van der Waals surface area contributed by atoms with Crippen molar-refractivity contribution in [2.75, 3.05) is 0 Å². The second-order valence-corrected chi connectivity index (χ2v) is 6.55. The van der Waals surface area contributed by atoms with Crippen LogP contribution in [0.25, 0.3) is 0 Å². The molecule has 1 N–H and O–H groups in total. The maximum atomic E-state index is 9.68. The molecular weight excluding hydrogens is 243 g/mol. The number of aromatic nitrogens is 2. The maximum Gasteiger partial charge on any atom is 0.498 e. The summed E-state index contributed by atoms with van der Waals surface area (Å²) in [6.45, 7) is 8.14. The minimum Gasteiger partial charge on any atom is -0.399 e. The summed E-state index contributed by atoms with van der Waals surface area (Å²) in [5.74, 6) is 0. The summed E-state index contributed by atoms with van der Waals surface area (Å²) in [5, 5.41) is 14.0. The van der Waals surface area contributed by atoms with Gasteiger partial charge in [-0.25, -0.2) is 0 Å². The Bertz CT molecular complexity index is 470. The van der Waals surface area contributed by atoms with E-state index in [1.807, 2.05) is 38.6 Å². The highest BCUT2D eigenvalue weighted by molar-refractivity contribution is 6.61. The molecule has 1 aliphatic carbocycles. The molecule has 1 aliphatic heterocycles. The van der Waals surface area contributed by atoms with Crippen LogP contribution in [0.5, 0.6) is 0 Å². The zero-order valence-corrected chi connectivity index (χ0v) is 12.0. The van der Waals surface area contributed by atoms with E-state index < -0.39 is 0 Å². The van der Waals surface area contributed by atoms with Crippen molar-refractivity contribution in [3.63, 3.8) is 0 Å². The first-order valence-corrected chi connectivity index (χ1v) is 6.88. The monoisotopic (exact) mass is 264 g/mol. The van der Waals surface area contributed by atoms with E-state index in [9.17, 15) is 5.11 Å². The van der Waals surface area contributed by atoms with Gasteiger partial charge >= 0.3 is 7.12 Å². The first kappa shape index (κ1) is 13.2. The van der Waals surface area contributed by atoms with Gasteiger partial charge in [0.05, 0.1) is 23.3 Å². The van der Waals surface area contributed by atoms with Gasteiger partial charge in [0.15, 0.2) is 0 Å². The largest absolute Gasteiger partial charge is 0.498 e. The minimum absolute atomic E-state index is 0.108. The number of hydrogen-bond donors (Lipinski definition) is 1. The van der Waals surface area contributed by atoms with Crippen molar-refractivity contribution in [2.45, 2.75) is 63.9 Å². The lowest BCUT2D eigenvalue weighted by Gasteiger charge is -2.32. The summed E-state index contributed by atoms with van der Waals surface area (Å²) in [5.41, 5.74) is 0.239. The van der Waals surface area contributed by atoms with Gasteiger partial charge in [0.1, 0.15) is 0 Å². The highest BCUT2D eigenvalue weighted by atomic mass is 16.7. The molecule has 2 atom stereocenters. The van der Waals surface area contributed by atoms with Crippen LogP contribution in [-0.4, -0.2) is 39.3 Å². The molecular formula is C13H21BN2O3. The molecule has 104 valence electrons. The minimum atomic E-state index is -0.379. The van der Waals surface area contributed by atoms with Gasteiger partial charge < -0.3 is 14.4 Å². The Labute approximate surface area is 114 Å². The predicted octanol–water partition coefficient (Wildman–Crippen LogP) is 0.878. The molecule has 1 aromatic rings. The van der Waals surface area contributed by atoms with Crippen molar-refractivity contribution >= 4 is 12.6 Å². The van der Waals surface area contributed by atoms with Crippen LogP contribution in [0.2, 0.25) is 0 Å². The lowest BCUT2D eigenvalue weighted by molar-refractivity contribution is 0.00578. The fraction of sp³-hybridized carbons (Fsp3) is 0.769. The zero-order valence-electron chi connectivity index (χ0n) is 12.0. The molecule has 1 saturated carbocycles. The van der Waals surface area contributed by atoms with E-state index in [2.05, 4.69) is 5.10 Å². The normalized spacial score (nSPS) is 32.4. The van der Waals surface area contributed by atoms with E-state index in [0.717, 1.165) is 18.3 Å². The number of hydrogen-bond acceptors (Lipinski definition) is 4. The molecule has 3 rings (SSSR count). The summed E-state index contributed by atoms with van der Waals surface area (Å²) in [6, 6.07) is 0.108. The fourth-order valence-corrected chi connectivity index (χ4v) is 2.41. The van der Waals surface area contributed by atoms with Crippen molar-refractivity contribution < 1.29 is 14.4 Å². The third kappa shape index (κ3) is 2.02. The molecule has 0 aromatic carbocycles. The Morgan fingerprint density at radius 3 is 2.37 bits per heavy atom. The average molecular weight is 264 g/mol. The van der Waals surface area contributed by atoms with E-state index in [4.69, 9.17) is 9.31 Å². The summed E-state index contributed by atoms with van der Waals surface area (Å²) in [4.78, 5) is 0. The molecule has 6 heteroatoms. The van der Waals surface area contributed by atoms with Crippen molar-refractivity contribution in [3.8, 4) is 0 Å². The predicted molar refractivity (Wildman–Crippen MR) is 72.2 cm³/mol. The molecule has 1 saturated heterocycles. The Balaban J connectivity index is 1.78. The maximum absolute atomic E-state index is 9.68. The van der Waals surface area contributed by atoms with E-state index in [0.29, 0.717) is 0 Å². The lowest BCUT2D eigenvalue weighted by atomic mass is 9.81. The molecule has 2 unspecified atom stereocenters. The Hall–Kier alpha value is -0.845. The fourth-order valence-electron chi connectivity index (χ4n) is 2.41. The highest BCUT2D eigenvalue weighted by Crippen LogP contribution is 2.36. The Morgan fingerprint density at radius 2 is 1.89 bits per heavy atom. The summed E-state index contributed by atoms with van der Waals surface area (Å²) in [7, 11) is -0.379. The van der Waals surface area contributed by atoms with E-state index >= 15 is 0 Å². The van der Waals surface area contributed by atoms with E-state index in [1.54, 1.807) is 6.20 Å². The smallest absolute Gasteiger partial charge is 0.399 e. The SMILES string of the molecule is CC1(C)OB(c2cnn(C3CCC3O)c2)OC1(C)C. The van der Waals surface area contributed by atoms with Gasteiger partial charge in [-0.05, 0) is 40.5 Å². The summed E-state index contributed by atoms with van der Waals surface area (Å²) in [6.07, 6.45) is 5.26. The summed E-state index contributed by atoms with van der Waals surface area (Å²) >= 11 is 0. The van der Waals surface area contributed by atoms with Crippen LogP contribution in [0.3, 0.4) is 0 Å². The van der Waals surface area contributed by atoms with Gasteiger partial charge in [0, 0.05) is 17.9 Å². The third-order valence-corrected chi connectivity index (χ3v) is 4.69. The molecule has 2 heterocycles. The molecule has 0 spiro atoms. The van der Waals surface area contributed by atoms with Gasteiger partial charge in [-0.3, -0.25) is 4.68 Å². The van der Waals surface area contributed by atoms with Crippen LogP contribution >= 0.6 is 0 Å². The lowest BCUT2D eigenvalue weighted by Crippen LogP contribution is -2.41. The van der Waals surface area contributed by atoms with Gasteiger partial charge in [-0.15, -0.1) is 0 Å². The second kappa shape index (κ2) is 4.07. The van der Waals surface area contributed by atoms with Gasteiger partial charge in [0.25, 0.3) is 0 Å². The third-order valence-electron chi connectivity index (χ3n) is 4.69. The molecule has 0 amide bonds. The van der Waals surface area contributed by atoms with E-state index in [1.165, 1.54) is 0 Å². The average Bonchev–Trinajstić information content (AvgIpc) is 2.81. The van der Waals surface area contributed by atoms with Crippen LogP contribution in [-0.2, 0) is 9.31 Å². The van der Waals surface area contributed by atoms with Gasteiger partial charge in [0.2, 0.25) is 0 Å². The van der Waals surface area contributed by atoms with Crippen molar-refractivity contribution in [3.05, 3.63) is 12.4 Å². The number of rotatable bonds is 2. The van der Waals surface area contributed by atoms with Crippen LogP contribution in [0.4, 0.5) is 0 Å². The molecule has 2 aliphatic rings. The van der Waals surface area contributed by atoms with Crippen molar-refractivity contribution in [1.82, 2.24) is 9.78 Å². The molecule has 0 radical (unpaired) electrons. The second-order valence-electron chi connectivity index (χ2n) is 6.55. The Kier molecular flexibility index (Phi) is 2.82. The first-order chi connectivity index (χ1) is 8.80. The van der Waals surface area contributed by atoms with Crippen LogP contribution < -0.4 is 5.46 Å². The molecule has 5 nitrogen and oxygen atoms in total. The van der Waals surface area contributed by atoms with Crippen LogP contribution in [0.1, 0.15) is 46.6 Å². The molecule has 19 heavy (non-hydrogen) atoms.